The first kappa shape index (κ1) is 41.9. The number of carbonyl (C=O) groups is 5. The van der Waals surface area contributed by atoms with Crippen LogP contribution in [0.3, 0.4) is 0 Å². The Kier molecular flexibility index (Phi) is 14.4. The average molecular weight is 766 g/mol. The highest BCUT2D eigenvalue weighted by molar-refractivity contribution is 5.92. The third-order valence-electron chi connectivity index (χ3n) is 8.75. The first-order valence-electron chi connectivity index (χ1n) is 18.0. The van der Waals surface area contributed by atoms with E-state index in [1.54, 1.807) is 45.9 Å². The van der Waals surface area contributed by atoms with Crippen molar-refractivity contribution < 1.29 is 47.5 Å². The van der Waals surface area contributed by atoms with E-state index in [1.807, 2.05) is 0 Å². The van der Waals surface area contributed by atoms with E-state index < -0.39 is 58.2 Å². The molecule has 3 amide bonds. The number of hydrogen-bond acceptors (Lipinski definition) is 13. The summed E-state index contributed by atoms with van der Waals surface area (Å²) in [5.41, 5.74) is 4.83. The molecule has 4 rings (SSSR count). The molecule has 3 atom stereocenters. The number of hydrogen-bond donors (Lipinski definition) is 3. The molecule has 1 unspecified atom stereocenters. The number of ketones is 1. The minimum atomic E-state index is -1.13. The van der Waals surface area contributed by atoms with E-state index in [0.29, 0.717) is 35.8 Å². The second-order valence-electron chi connectivity index (χ2n) is 14.2. The van der Waals surface area contributed by atoms with Gasteiger partial charge in [0.15, 0.2) is 5.78 Å². The largest absolute Gasteiger partial charge is 0.449 e. The van der Waals surface area contributed by atoms with Crippen LogP contribution in [0.5, 0.6) is 5.75 Å². The quantitative estimate of drug-likeness (QED) is 0.0462. The number of unbranched alkanes of at least 4 members (excludes halogenated alkanes) is 1. The van der Waals surface area contributed by atoms with E-state index in [9.17, 15) is 38.9 Å². The number of amides is 3. The summed E-state index contributed by atoms with van der Waals surface area (Å²) in [7, 11) is 0. The van der Waals surface area contributed by atoms with Crippen LogP contribution in [0.1, 0.15) is 76.8 Å². The monoisotopic (exact) mass is 765 g/mol. The molecule has 3 aromatic rings. The maximum Gasteiger partial charge on any atom is 0.407 e. The molecular weight excluding hydrogens is 718 g/mol. The van der Waals surface area contributed by atoms with Gasteiger partial charge in [0.25, 0.3) is 5.69 Å². The van der Waals surface area contributed by atoms with E-state index in [1.165, 1.54) is 35.2 Å². The molecule has 17 nitrogen and oxygen atoms in total. The second-order valence-corrected chi connectivity index (χ2v) is 14.2. The number of nitrogens with zero attached hydrogens (tertiary/aromatic N) is 2. The number of nitro benzene ring substituents is 1. The highest BCUT2D eigenvalue weighted by Crippen LogP contribution is 2.28. The maximum absolute atomic E-state index is 14.0. The number of likely N-dealkylation sites (tertiary alicyclic amines) is 1. The van der Waals surface area contributed by atoms with Gasteiger partial charge in [-0.2, -0.15) is 0 Å². The van der Waals surface area contributed by atoms with Crippen molar-refractivity contribution in [2.75, 3.05) is 26.2 Å². The average Bonchev–Trinajstić information content (AvgIpc) is 3.62. The summed E-state index contributed by atoms with van der Waals surface area (Å²) in [6.45, 7) is 6.91. The van der Waals surface area contributed by atoms with Crippen molar-refractivity contribution in [1.29, 1.82) is 0 Å². The molecule has 2 heterocycles. The fourth-order valence-corrected chi connectivity index (χ4v) is 6.14. The van der Waals surface area contributed by atoms with Gasteiger partial charge in [-0.15, -0.1) is 0 Å². The summed E-state index contributed by atoms with van der Waals surface area (Å²) >= 11 is 0. The number of rotatable bonds is 16. The summed E-state index contributed by atoms with van der Waals surface area (Å²) < 4.78 is 21.6. The van der Waals surface area contributed by atoms with Crippen molar-refractivity contribution >= 4 is 46.5 Å². The molecule has 0 radical (unpaired) electrons. The summed E-state index contributed by atoms with van der Waals surface area (Å²) in [5, 5.41) is 17.2. The molecule has 0 bridgehead atoms. The van der Waals surface area contributed by atoms with Gasteiger partial charge in [0.1, 0.15) is 35.6 Å². The molecule has 0 aliphatic carbocycles. The van der Waals surface area contributed by atoms with Crippen LogP contribution in [0.15, 0.2) is 57.7 Å². The molecule has 296 valence electrons. The summed E-state index contributed by atoms with van der Waals surface area (Å²) in [6, 6.07) is 9.57. The lowest BCUT2D eigenvalue weighted by atomic mass is 10.0. The molecule has 1 aromatic heterocycles. The van der Waals surface area contributed by atoms with Crippen molar-refractivity contribution in [2.24, 2.45) is 5.73 Å². The highest BCUT2D eigenvalue weighted by atomic mass is 16.6. The van der Waals surface area contributed by atoms with Crippen LogP contribution in [0.2, 0.25) is 0 Å². The number of nitrogens with two attached hydrogens (primary N) is 1. The number of carbonyl (C=O) groups excluding carboxylic acids is 5. The Bertz CT molecular complexity index is 1960. The van der Waals surface area contributed by atoms with E-state index in [2.05, 4.69) is 10.6 Å². The zero-order chi connectivity index (χ0) is 40.3. The van der Waals surface area contributed by atoms with Crippen molar-refractivity contribution in [3.05, 3.63) is 80.2 Å². The van der Waals surface area contributed by atoms with Gasteiger partial charge in [0.05, 0.1) is 11.5 Å². The SMILES string of the molecule is CC(COC(=O)N[C@@H](CCCCNC(=O)OC(C)(C)C)C(=O)N1CCC[C@H]1C(=O)Oc1ccc2c(CC(=O)CN)cc(=O)oc2c1)c1ccccc1[N+](=O)[O-]. The maximum atomic E-state index is 14.0. The predicted octanol–water partition coefficient (Wildman–Crippen LogP) is 4.26. The van der Waals surface area contributed by atoms with Crippen molar-refractivity contribution in [1.82, 2.24) is 15.5 Å². The van der Waals surface area contributed by atoms with Crippen molar-refractivity contribution in [3.8, 4) is 5.75 Å². The Labute approximate surface area is 317 Å². The highest BCUT2D eigenvalue weighted by Gasteiger charge is 2.39. The number of fused-ring (bicyclic) bond motifs is 1. The Morgan fingerprint density at radius 2 is 1.82 bits per heavy atom. The Morgan fingerprint density at radius 1 is 1.07 bits per heavy atom. The Morgan fingerprint density at radius 3 is 2.53 bits per heavy atom. The smallest absolute Gasteiger partial charge is 0.407 e. The van der Waals surface area contributed by atoms with Crippen LogP contribution in [0, 0.1) is 10.1 Å². The lowest BCUT2D eigenvalue weighted by Gasteiger charge is -2.28. The van der Waals surface area contributed by atoms with Gasteiger partial charge in [0, 0.05) is 54.6 Å². The first-order valence-corrected chi connectivity index (χ1v) is 18.0. The first-order chi connectivity index (χ1) is 26.1. The minimum Gasteiger partial charge on any atom is -0.449 e. The Hall–Kier alpha value is -5.84. The van der Waals surface area contributed by atoms with Crippen LogP contribution < -0.4 is 26.7 Å². The number of Topliss-reactive ketones (excluding diaryl/α,β-unsaturated/α-hetero) is 1. The molecule has 1 aliphatic rings. The van der Waals surface area contributed by atoms with Crippen LogP contribution in [0.4, 0.5) is 15.3 Å². The fraction of sp³-hybridized carbons (Fsp3) is 0.474. The van der Waals surface area contributed by atoms with Crippen molar-refractivity contribution in [2.45, 2.75) is 89.8 Å². The van der Waals surface area contributed by atoms with E-state index in [-0.39, 0.29) is 68.3 Å². The fourth-order valence-electron chi connectivity index (χ4n) is 6.14. The Balaban J connectivity index is 1.45. The van der Waals surface area contributed by atoms with Gasteiger partial charge < -0.3 is 39.9 Å². The molecule has 1 aliphatic heterocycles. The number of nitro groups is 1. The van der Waals surface area contributed by atoms with Crippen LogP contribution in [-0.4, -0.2) is 83.6 Å². The zero-order valence-electron chi connectivity index (χ0n) is 31.3. The van der Waals surface area contributed by atoms with Crippen LogP contribution in [-0.2, 0) is 30.3 Å². The third kappa shape index (κ3) is 12.1. The summed E-state index contributed by atoms with van der Waals surface area (Å²) in [4.78, 5) is 89.1. The standard InChI is InChI=1S/C38H47N5O12/c1-23(27-10-5-6-12-30(27)43(50)51)22-52-37(49)41-29(11-7-8-16-40-36(48)55-38(2,3)4)34(46)42-17-9-13-31(42)35(47)53-26-14-15-28-24(18-25(44)21-39)19-33(45)54-32(28)20-26/h5-6,10,12,14-15,19-20,23,29,31H,7-9,11,13,16-18,21-22,39H2,1-4H3,(H,40,48)(H,41,49)/t23?,29-,31-/m0/s1. The van der Waals surface area contributed by atoms with E-state index in [4.69, 9.17) is 24.4 Å². The summed E-state index contributed by atoms with van der Waals surface area (Å²) in [5.74, 6) is -2.07. The predicted molar refractivity (Wildman–Crippen MR) is 198 cm³/mol. The number of benzene rings is 2. The molecule has 17 heteroatoms. The zero-order valence-corrected chi connectivity index (χ0v) is 31.3. The van der Waals surface area contributed by atoms with E-state index >= 15 is 0 Å². The number of para-hydroxylation sites is 1. The lowest BCUT2D eigenvalue weighted by molar-refractivity contribution is -0.385. The van der Waals surface area contributed by atoms with Crippen molar-refractivity contribution in [3.63, 3.8) is 0 Å². The number of ether oxygens (including phenoxy) is 3. The molecule has 1 saturated heterocycles. The van der Waals surface area contributed by atoms with Crippen LogP contribution in [0.25, 0.3) is 11.0 Å². The molecule has 1 fully saturated rings. The van der Waals surface area contributed by atoms with Gasteiger partial charge in [-0.25, -0.2) is 19.2 Å². The van der Waals surface area contributed by atoms with Gasteiger partial charge >= 0.3 is 23.8 Å². The molecule has 0 saturated carbocycles. The second kappa shape index (κ2) is 19.0. The molecule has 55 heavy (non-hydrogen) atoms. The summed E-state index contributed by atoms with van der Waals surface area (Å²) in [6.07, 6.45) is 0.0883. The minimum absolute atomic E-state index is 0.0470. The lowest BCUT2D eigenvalue weighted by Crippen LogP contribution is -2.52. The molecule has 0 spiro atoms. The molecule has 4 N–H and O–H groups in total. The van der Waals surface area contributed by atoms with Gasteiger partial charge in [-0.1, -0.05) is 25.1 Å². The molecule has 2 aromatic carbocycles. The molecular formula is C38H47N5O12. The number of nitrogens with one attached hydrogen (secondary N) is 2. The third-order valence-corrected chi connectivity index (χ3v) is 8.75. The topological polar surface area (TPSA) is 240 Å². The number of alkyl carbamates (subject to hydrolysis) is 2. The normalized spacial score (nSPS) is 15.1. The van der Waals surface area contributed by atoms with E-state index in [0.717, 1.165) is 0 Å². The number of esters is 1. The van der Waals surface area contributed by atoms with Crippen LogP contribution >= 0.6 is 0 Å². The van der Waals surface area contributed by atoms with Gasteiger partial charge in [0.2, 0.25) is 5.91 Å². The van der Waals surface area contributed by atoms with Gasteiger partial charge in [-0.3, -0.25) is 19.7 Å². The van der Waals surface area contributed by atoms with Gasteiger partial charge in [-0.05, 0) is 70.6 Å².